The molecule has 0 saturated carbocycles. The van der Waals surface area contributed by atoms with Crippen molar-refractivity contribution in [2.45, 2.75) is 91.0 Å². The van der Waals surface area contributed by atoms with Crippen LogP contribution in [0.2, 0.25) is 0 Å². The van der Waals surface area contributed by atoms with E-state index in [1.165, 1.54) is 16.7 Å². The van der Waals surface area contributed by atoms with Gasteiger partial charge in [0.15, 0.2) is 0 Å². The monoisotopic (exact) mass is 558 g/mol. The van der Waals surface area contributed by atoms with Gasteiger partial charge in [0.2, 0.25) is 17.7 Å². The van der Waals surface area contributed by atoms with Crippen LogP contribution < -0.4 is 10.2 Å². The van der Waals surface area contributed by atoms with Crippen LogP contribution in [-0.4, -0.2) is 52.4 Å². The number of imide groups is 1. The highest BCUT2D eigenvalue weighted by Gasteiger charge is 2.43. The molecule has 4 amide bonds. The minimum atomic E-state index is -0.784. The number of carbonyl (C=O) groups excluding carboxylic acids is 4. The average molecular weight is 559 g/mol. The maximum Gasteiger partial charge on any atom is 0.411 e. The zero-order valence-electron chi connectivity index (χ0n) is 24.6. The molecule has 1 N–H and O–H groups in total. The Balaban J connectivity index is 1.46. The minimum Gasteiger partial charge on any atom is -0.444 e. The van der Waals surface area contributed by atoms with Crippen molar-refractivity contribution in [3.63, 3.8) is 0 Å². The van der Waals surface area contributed by atoms with Crippen molar-refractivity contribution >= 4 is 29.5 Å². The molecule has 216 valence electrons. The normalized spacial score (nSPS) is 21.1. The standard InChI is InChI=1S/C32H38N4O5/c1-19-7-8-20(2)35(31(40)41-32(4,5)6)29(19)30(39)34-26(18-33)15-22-9-11-23(12-10-22)24-13-14-25-17-28(38)36(21(3)37)27(25)16-24/h9-14,16,19-20,26,29H,7-8,15,17H2,1-6H3,(H,34,39)/t19-,20+,26+,29+/m1/s1. The molecule has 0 bridgehead atoms. The molecule has 9 nitrogen and oxygen atoms in total. The Morgan fingerprint density at radius 2 is 1.73 bits per heavy atom. The van der Waals surface area contributed by atoms with E-state index in [9.17, 15) is 24.4 Å². The van der Waals surface area contributed by atoms with Gasteiger partial charge in [-0.3, -0.25) is 24.2 Å². The van der Waals surface area contributed by atoms with E-state index in [-0.39, 0.29) is 36.1 Å². The number of rotatable bonds is 5. The van der Waals surface area contributed by atoms with Crippen LogP contribution in [0.25, 0.3) is 11.1 Å². The Labute approximate surface area is 241 Å². The molecule has 0 aliphatic carbocycles. The number of likely N-dealkylation sites (tertiary alicyclic amines) is 1. The molecule has 2 aliphatic heterocycles. The van der Waals surface area contributed by atoms with Gasteiger partial charge in [-0.25, -0.2) is 4.79 Å². The van der Waals surface area contributed by atoms with Crippen LogP contribution >= 0.6 is 0 Å². The molecule has 4 atom stereocenters. The quantitative estimate of drug-likeness (QED) is 0.565. The summed E-state index contributed by atoms with van der Waals surface area (Å²) < 4.78 is 5.60. The van der Waals surface area contributed by atoms with Crippen LogP contribution in [0.5, 0.6) is 0 Å². The Morgan fingerprint density at radius 1 is 1.07 bits per heavy atom. The van der Waals surface area contributed by atoms with Crippen molar-refractivity contribution in [1.82, 2.24) is 10.2 Å². The van der Waals surface area contributed by atoms with E-state index in [1.54, 1.807) is 20.8 Å². The van der Waals surface area contributed by atoms with Gasteiger partial charge in [0.25, 0.3) is 0 Å². The number of nitrogens with zero attached hydrogens (tertiary/aromatic N) is 3. The van der Waals surface area contributed by atoms with Crippen LogP contribution in [-0.2, 0) is 32.0 Å². The lowest BCUT2D eigenvalue weighted by molar-refractivity contribution is -0.131. The first-order valence-electron chi connectivity index (χ1n) is 14.1. The highest BCUT2D eigenvalue weighted by atomic mass is 16.6. The topological polar surface area (TPSA) is 120 Å². The summed E-state index contributed by atoms with van der Waals surface area (Å²) in [6, 6.07) is 13.8. The molecule has 4 rings (SSSR count). The molecule has 0 aromatic heterocycles. The summed E-state index contributed by atoms with van der Waals surface area (Å²) in [6.07, 6.45) is 1.54. The third-order valence-electron chi connectivity index (χ3n) is 7.66. The third-order valence-corrected chi connectivity index (χ3v) is 7.66. The molecule has 0 radical (unpaired) electrons. The van der Waals surface area contributed by atoms with Crippen LogP contribution in [0, 0.1) is 17.2 Å². The average Bonchev–Trinajstić information content (AvgIpc) is 3.23. The number of carbonyl (C=O) groups is 4. The molecule has 9 heteroatoms. The van der Waals surface area contributed by atoms with E-state index in [1.807, 2.05) is 56.3 Å². The van der Waals surface area contributed by atoms with Crippen molar-refractivity contribution in [2.75, 3.05) is 4.90 Å². The van der Waals surface area contributed by atoms with E-state index >= 15 is 0 Å². The molecule has 2 heterocycles. The minimum absolute atomic E-state index is 0.0844. The van der Waals surface area contributed by atoms with Gasteiger partial charge in [0.05, 0.1) is 18.2 Å². The number of nitriles is 1. The predicted octanol–water partition coefficient (Wildman–Crippen LogP) is 4.76. The van der Waals surface area contributed by atoms with Crippen LogP contribution in [0.3, 0.4) is 0 Å². The highest BCUT2D eigenvalue weighted by molar-refractivity contribution is 6.18. The molecule has 1 fully saturated rings. The molecule has 1 saturated heterocycles. The Kier molecular flexibility index (Phi) is 8.52. The Morgan fingerprint density at radius 3 is 2.34 bits per heavy atom. The number of benzene rings is 2. The molecular weight excluding hydrogens is 520 g/mol. The maximum atomic E-state index is 13.5. The fraction of sp³-hybridized carbons (Fsp3) is 0.469. The van der Waals surface area contributed by atoms with Gasteiger partial charge in [-0.15, -0.1) is 0 Å². The van der Waals surface area contributed by atoms with Gasteiger partial charge >= 0.3 is 6.09 Å². The molecule has 2 aromatic carbocycles. The van der Waals surface area contributed by atoms with E-state index in [0.717, 1.165) is 35.1 Å². The summed E-state index contributed by atoms with van der Waals surface area (Å²) in [5.74, 6) is -0.979. The first-order valence-corrected chi connectivity index (χ1v) is 14.1. The summed E-state index contributed by atoms with van der Waals surface area (Å²) in [7, 11) is 0. The lowest BCUT2D eigenvalue weighted by atomic mass is 9.86. The Bertz CT molecular complexity index is 1390. The van der Waals surface area contributed by atoms with Crippen LogP contribution in [0.1, 0.15) is 65.5 Å². The fourth-order valence-electron chi connectivity index (χ4n) is 5.62. The first kappa shape index (κ1) is 29.8. The lowest BCUT2D eigenvalue weighted by Crippen LogP contribution is -2.60. The van der Waals surface area contributed by atoms with Crippen molar-refractivity contribution in [3.05, 3.63) is 53.6 Å². The number of fused-ring (bicyclic) bond motifs is 1. The first-order chi connectivity index (χ1) is 19.3. The zero-order valence-corrected chi connectivity index (χ0v) is 24.6. The maximum absolute atomic E-state index is 13.5. The number of hydrogen-bond donors (Lipinski definition) is 1. The number of nitrogens with one attached hydrogen (secondary N) is 1. The van der Waals surface area contributed by atoms with Crippen molar-refractivity contribution in [3.8, 4) is 17.2 Å². The van der Waals surface area contributed by atoms with Crippen LogP contribution in [0.4, 0.5) is 10.5 Å². The number of hydrogen-bond acceptors (Lipinski definition) is 6. The van der Waals surface area contributed by atoms with Gasteiger partial charge in [-0.1, -0.05) is 43.3 Å². The largest absolute Gasteiger partial charge is 0.444 e. The van der Waals surface area contributed by atoms with Gasteiger partial charge in [-0.05, 0) is 74.8 Å². The van der Waals surface area contributed by atoms with E-state index in [2.05, 4.69) is 11.4 Å². The highest BCUT2D eigenvalue weighted by Crippen LogP contribution is 2.34. The molecule has 0 unspecified atom stereocenters. The molecule has 41 heavy (non-hydrogen) atoms. The summed E-state index contributed by atoms with van der Waals surface area (Å²) in [4.78, 5) is 53.4. The number of piperidine rings is 1. The second-order valence-corrected chi connectivity index (χ2v) is 12.1. The van der Waals surface area contributed by atoms with Crippen LogP contribution in [0.15, 0.2) is 42.5 Å². The summed E-state index contributed by atoms with van der Waals surface area (Å²) in [5.41, 5.74) is 3.37. The second kappa shape index (κ2) is 11.7. The number of ether oxygens (including phenoxy) is 1. The Hall–Kier alpha value is -4.19. The smallest absolute Gasteiger partial charge is 0.411 e. The van der Waals surface area contributed by atoms with Gasteiger partial charge in [-0.2, -0.15) is 5.26 Å². The van der Waals surface area contributed by atoms with Crippen molar-refractivity contribution < 1.29 is 23.9 Å². The predicted molar refractivity (Wildman–Crippen MR) is 155 cm³/mol. The van der Waals surface area contributed by atoms with Crippen molar-refractivity contribution in [1.29, 1.82) is 5.26 Å². The SMILES string of the molecule is CC(=O)N1C(=O)Cc2ccc(-c3ccc(C[C@@H](C#N)NC(=O)[C@@H]4[C@H](C)CC[C@H](C)N4C(=O)OC(C)(C)C)cc3)cc21. The summed E-state index contributed by atoms with van der Waals surface area (Å²) in [5, 5.41) is 12.7. The molecule has 2 aromatic rings. The van der Waals surface area contributed by atoms with Gasteiger partial charge in [0.1, 0.15) is 17.7 Å². The number of amides is 4. The second-order valence-electron chi connectivity index (χ2n) is 12.1. The fourth-order valence-corrected chi connectivity index (χ4v) is 5.62. The van der Waals surface area contributed by atoms with E-state index in [0.29, 0.717) is 12.1 Å². The summed E-state index contributed by atoms with van der Waals surface area (Å²) >= 11 is 0. The molecule has 2 aliphatic rings. The van der Waals surface area contributed by atoms with Gasteiger partial charge < -0.3 is 10.1 Å². The van der Waals surface area contributed by atoms with E-state index < -0.39 is 23.8 Å². The zero-order chi connectivity index (χ0) is 30.1. The molecule has 0 spiro atoms. The van der Waals surface area contributed by atoms with Gasteiger partial charge in [0, 0.05) is 19.4 Å². The number of anilines is 1. The van der Waals surface area contributed by atoms with E-state index in [4.69, 9.17) is 4.74 Å². The lowest BCUT2D eigenvalue weighted by Gasteiger charge is -2.43. The molecular formula is C32H38N4O5. The third kappa shape index (κ3) is 6.59. The summed E-state index contributed by atoms with van der Waals surface area (Å²) in [6.45, 7) is 10.6. The van der Waals surface area contributed by atoms with Crippen molar-refractivity contribution in [2.24, 2.45) is 5.92 Å².